The SMILES string of the molecule is CCOC(=O)C(Nc1ccc(C(F)(F)F)cc1Cl)C(C)C. The zero-order valence-corrected chi connectivity index (χ0v) is 12.7. The Morgan fingerprint density at radius 1 is 1.38 bits per heavy atom. The zero-order valence-electron chi connectivity index (χ0n) is 11.9. The number of halogens is 4. The summed E-state index contributed by atoms with van der Waals surface area (Å²) in [6.07, 6.45) is -4.46. The van der Waals surface area contributed by atoms with Crippen LogP contribution >= 0.6 is 11.6 Å². The monoisotopic (exact) mass is 323 g/mol. The lowest BCUT2D eigenvalue weighted by Gasteiger charge is -2.22. The van der Waals surface area contributed by atoms with Gasteiger partial charge in [-0.2, -0.15) is 13.2 Å². The van der Waals surface area contributed by atoms with Gasteiger partial charge in [-0.15, -0.1) is 0 Å². The van der Waals surface area contributed by atoms with E-state index >= 15 is 0 Å². The highest BCUT2D eigenvalue weighted by Crippen LogP contribution is 2.34. The van der Waals surface area contributed by atoms with Crippen molar-refractivity contribution in [1.82, 2.24) is 0 Å². The standard InChI is InChI=1S/C14H17ClF3NO2/c1-4-21-13(20)12(8(2)3)19-11-6-5-9(7-10(11)15)14(16,17)18/h5-8,12,19H,4H2,1-3H3. The van der Waals surface area contributed by atoms with Crippen LogP contribution in [0, 0.1) is 5.92 Å². The first-order valence-corrected chi connectivity index (χ1v) is 6.84. The number of anilines is 1. The Morgan fingerprint density at radius 3 is 2.43 bits per heavy atom. The predicted molar refractivity (Wildman–Crippen MR) is 75.3 cm³/mol. The molecule has 1 unspecified atom stereocenters. The number of benzene rings is 1. The van der Waals surface area contributed by atoms with Gasteiger partial charge in [0.05, 0.1) is 22.9 Å². The number of hydrogen-bond acceptors (Lipinski definition) is 3. The molecule has 1 atom stereocenters. The van der Waals surface area contributed by atoms with Crippen molar-refractivity contribution < 1.29 is 22.7 Å². The molecular formula is C14H17ClF3NO2. The van der Waals surface area contributed by atoms with Crippen LogP contribution in [0.2, 0.25) is 5.02 Å². The Morgan fingerprint density at radius 2 is 2.00 bits per heavy atom. The van der Waals surface area contributed by atoms with E-state index in [1.165, 1.54) is 6.07 Å². The van der Waals surface area contributed by atoms with Crippen LogP contribution in [0.1, 0.15) is 26.3 Å². The smallest absolute Gasteiger partial charge is 0.416 e. The molecule has 118 valence electrons. The maximum absolute atomic E-state index is 12.6. The molecule has 1 aromatic carbocycles. The van der Waals surface area contributed by atoms with Gasteiger partial charge in [0, 0.05) is 0 Å². The molecule has 0 aromatic heterocycles. The van der Waals surface area contributed by atoms with E-state index in [4.69, 9.17) is 16.3 Å². The summed E-state index contributed by atoms with van der Waals surface area (Å²) < 4.78 is 42.6. The van der Waals surface area contributed by atoms with Gasteiger partial charge in [-0.05, 0) is 31.0 Å². The predicted octanol–water partition coefficient (Wildman–Crippen LogP) is 4.36. The molecule has 0 bridgehead atoms. The number of alkyl halides is 3. The van der Waals surface area contributed by atoms with Crippen LogP contribution in [-0.4, -0.2) is 18.6 Å². The van der Waals surface area contributed by atoms with E-state index in [9.17, 15) is 18.0 Å². The molecule has 0 aliphatic carbocycles. The largest absolute Gasteiger partial charge is 0.464 e. The molecule has 0 amide bonds. The first-order chi connectivity index (χ1) is 9.66. The van der Waals surface area contributed by atoms with Crippen LogP contribution in [0.3, 0.4) is 0 Å². The third-order valence-corrected chi connectivity index (χ3v) is 3.13. The zero-order chi connectivity index (χ0) is 16.2. The first-order valence-electron chi connectivity index (χ1n) is 6.46. The van der Waals surface area contributed by atoms with Gasteiger partial charge in [0.25, 0.3) is 0 Å². The summed E-state index contributed by atoms with van der Waals surface area (Å²) in [5.41, 5.74) is -0.577. The van der Waals surface area contributed by atoms with Crippen LogP contribution in [0.4, 0.5) is 18.9 Å². The summed E-state index contributed by atoms with van der Waals surface area (Å²) in [7, 11) is 0. The summed E-state index contributed by atoms with van der Waals surface area (Å²) in [6.45, 7) is 5.50. The molecule has 0 aliphatic heterocycles. The van der Waals surface area contributed by atoms with Crippen molar-refractivity contribution in [1.29, 1.82) is 0 Å². The number of carbonyl (C=O) groups excluding carboxylic acids is 1. The van der Waals surface area contributed by atoms with E-state index in [1.54, 1.807) is 20.8 Å². The molecule has 3 nitrogen and oxygen atoms in total. The molecule has 1 rings (SSSR count). The third kappa shape index (κ3) is 4.81. The van der Waals surface area contributed by atoms with Crippen molar-refractivity contribution in [2.45, 2.75) is 33.0 Å². The number of rotatable bonds is 5. The Kier molecular flexibility index (Phi) is 5.89. The minimum atomic E-state index is -4.46. The molecule has 0 radical (unpaired) electrons. The van der Waals surface area contributed by atoms with E-state index in [1.807, 2.05) is 0 Å². The van der Waals surface area contributed by atoms with Crippen molar-refractivity contribution in [3.63, 3.8) is 0 Å². The fourth-order valence-corrected chi connectivity index (χ4v) is 1.94. The average molecular weight is 324 g/mol. The van der Waals surface area contributed by atoms with Gasteiger partial charge in [-0.25, -0.2) is 4.79 Å². The lowest BCUT2D eigenvalue weighted by molar-refractivity contribution is -0.145. The highest BCUT2D eigenvalue weighted by Gasteiger charge is 2.31. The summed E-state index contributed by atoms with van der Waals surface area (Å²) >= 11 is 5.85. The molecule has 0 fully saturated rings. The maximum Gasteiger partial charge on any atom is 0.416 e. The number of carbonyl (C=O) groups is 1. The average Bonchev–Trinajstić information content (AvgIpc) is 2.35. The highest BCUT2D eigenvalue weighted by atomic mass is 35.5. The Balaban J connectivity index is 2.97. The van der Waals surface area contributed by atoms with Gasteiger partial charge in [-0.3, -0.25) is 0 Å². The van der Waals surface area contributed by atoms with Crippen molar-refractivity contribution in [3.8, 4) is 0 Å². The van der Waals surface area contributed by atoms with Crippen molar-refractivity contribution >= 4 is 23.3 Å². The van der Waals surface area contributed by atoms with Crippen molar-refractivity contribution in [3.05, 3.63) is 28.8 Å². The quantitative estimate of drug-likeness (QED) is 0.818. The Bertz CT molecular complexity index is 503. The van der Waals surface area contributed by atoms with Crippen LogP contribution in [0.5, 0.6) is 0 Å². The molecule has 0 aliphatic rings. The molecule has 1 aromatic rings. The molecule has 21 heavy (non-hydrogen) atoms. The fraction of sp³-hybridized carbons (Fsp3) is 0.500. The lowest BCUT2D eigenvalue weighted by Crippen LogP contribution is -2.36. The van der Waals surface area contributed by atoms with Gasteiger partial charge in [0.1, 0.15) is 6.04 Å². The second kappa shape index (κ2) is 7.02. The van der Waals surface area contributed by atoms with Crippen LogP contribution in [0.15, 0.2) is 18.2 Å². The number of ether oxygens (including phenoxy) is 1. The van der Waals surface area contributed by atoms with Gasteiger partial charge in [-0.1, -0.05) is 25.4 Å². The summed E-state index contributed by atoms with van der Waals surface area (Å²) in [6, 6.07) is 2.27. The van der Waals surface area contributed by atoms with Gasteiger partial charge in [0.2, 0.25) is 0 Å². The number of esters is 1. The molecule has 7 heteroatoms. The minimum absolute atomic E-state index is 0.0974. The molecular weight excluding hydrogens is 307 g/mol. The highest BCUT2D eigenvalue weighted by molar-refractivity contribution is 6.33. The van der Waals surface area contributed by atoms with Crippen LogP contribution < -0.4 is 5.32 Å². The Labute approximate surface area is 126 Å². The Hall–Kier alpha value is -1.43. The van der Waals surface area contributed by atoms with Crippen LogP contribution in [-0.2, 0) is 15.7 Å². The van der Waals surface area contributed by atoms with Gasteiger partial charge >= 0.3 is 12.1 Å². The topological polar surface area (TPSA) is 38.3 Å². The van der Waals surface area contributed by atoms with E-state index < -0.39 is 23.8 Å². The van der Waals surface area contributed by atoms with E-state index in [2.05, 4.69) is 5.32 Å². The summed E-state index contributed by atoms with van der Waals surface area (Å²) in [5.74, 6) is -0.578. The van der Waals surface area contributed by atoms with E-state index in [-0.39, 0.29) is 23.2 Å². The molecule has 1 N–H and O–H groups in total. The summed E-state index contributed by atoms with van der Waals surface area (Å²) in [5, 5.41) is 2.74. The van der Waals surface area contributed by atoms with E-state index in [0.29, 0.717) is 0 Å². The fourth-order valence-electron chi connectivity index (χ4n) is 1.71. The van der Waals surface area contributed by atoms with E-state index in [0.717, 1.165) is 12.1 Å². The van der Waals surface area contributed by atoms with Gasteiger partial charge < -0.3 is 10.1 Å². The van der Waals surface area contributed by atoms with Crippen molar-refractivity contribution in [2.75, 3.05) is 11.9 Å². The second-order valence-electron chi connectivity index (χ2n) is 4.81. The first kappa shape index (κ1) is 17.6. The third-order valence-electron chi connectivity index (χ3n) is 2.81. The second-order valence-corrected chi connectivity index (χ2v) is 5.22. The van der Waals surface area contributed by atoms with Crippen LogP contribution in [0.25, 0.3) is 0 Å². The molecule has 0 spiro atoms. The summed E-state index contributed by atoms with van der Waals surface area (Å²) in [4.78, 5) is 11.8. The normalized spacial score (nSPS) is 13.1. The minimum Gasteiger partial charge on any atom is -0.464 e. The lowest BCUT2D eigenvalue weighted by atomic mass is 10.0. The molecule has 0 saturated heterocycles. The number of hydrogen-bond donors (Lipinski definition) is 1. The van der Waals surface area contributed by atoms with Gasteiger partial charge in [0.15, 0.2) is 0 Å². The maximum atomic E-state index is 12.6. The molecule has 0 heterocycles. The number of nitrogens with one attached hydrogen (secondary N) is 1. The van der Waals surface area contributed by atoms with Crippen molar-refractivity contribution in [2.24, 2.45) is 5.92 Å². The molecule has 0 saturated carbocycles.